The van der Waals surface area contributed by atoms with Gasteiger partial charge in [0.25, 0.3) is 0 Å². The summed E-state index contributed by atoms with van der Waals surface area (Å²) < 4.78 is 11.3. The highest BCUT2D eigenvalue weighted by Crippen LogP contribution is 2.23. The molecule has 0 saturated carbocycles. The summed E-state index contributed by atoms with van der Waals surface area (Å²) in [6, 6.07) is -0.814. The minimum atomic E-state index is -1.57. The number of aliphatic hydroxyl groups is 5. The van der Waals surface area contributed by atoms with Gasteiger partial charge in [-0.3, -0.25) is 4.79 Å². The lowest BCUT2D eigenvalue weighted by atomic mass is 9.99. The molecule has 0 aromatic rings. The molecular formula is C76H135NO8. The van der Waals surface area contributed by atoms with Crippen LogP contribution in [0.25, 0.3) is 0 Å². The summed E-state index contributed by atoms with van der Waals surface area (Å²) in [6.45, 7) is 3.70. The first-order chi connectivity index (χ1) is 41.8. The van der Waals surface area contributed by atoms with Crippen molar-refractivity contribution in [2.75, 3.05) is 13.2 Å². The zero-order chi connectivity index (χ0) is 61.4. The summed E-state index contributed by atoms with van der Waals surface area (Å²) in [7, 11) is 0. The van der Waals surface area contributed by atoms with Crippen LogP contribution in [0.2, 0.25) is 0 Å². The van der Waals surface area contributed by atoms with Gasteiger partial charge in [0.05, 0.1) is 25.4 Å². The van der Waals surface area contributed by atoms with Crippen molar-refractivity contribution in [2.45, 2.75) is 365 Å². The SMILES string of the molecule is CC/C=C\C/C=C\C/C=C\C/C=C\C/C=C\C/C=C\C/C=C\CCCCCCCCCCCCCC(=O)NC(COC1OC(CO)C(O)C(O)C1O)C(O)/C=C/CCCCCCCCCCCCCCCCCCCCCCCCCCCCC. The maximum absolute atomic E-state index is 13.1. The Hall–Kier alpha value is -2.89. The van der Waals surface area contributed by atoms with Crippen molar-refractivity contribution in [3.63, 3.8) is 0 Å². The van der Waals surface area contributed by atoms with Crippen molar-refractivity contribution in [1.29, 1.82) is 0 Å². The minimum absolute atomic E-state index is 0.180. The summed E-state index contributed by atoms with van der Waals surface area (Å²) in [4.78, 5) is 13.1. The van der Waals surface area contributed by atoms with Crippen LogP contribution in [-0.4, -0.2) is 87.5 Å². The number of carbonyl (C=O) groups is 1. The van der Waals surface area contributed by atoms with Gasteiger partial charge >= 0.3 is 0 Å². The number of unbranched alkanes of at least 4 members (excludes halogenated alkanes) is 38. The van der Waals surface area contributed by atoms with Crippen LogP contribution in [0.1, 0.15) is 322 Å². The number of carbonyl (C=O) groups excluding carboxylic acids is 1. The van der Waals surface area contributed by atoms with Crippen molar-refractivity contribution >= 4 is 5.91 Å². The zero-order valence-corrected chi connectivity index (χ0v) is 55.1. The van der Waals surface area contributed by atoms with Crippen molar-refractivity contribution in [1.82, 2.24) is 5.32 Å². The molecule has 0 spiro atoms. The number of hydrogen-bond donors (Lipinski definition) is 6. The van der Waals surface area contributed by atoms with Gasteiger partial charge in [0, 0.05) is 6.42 Å². The Labute approximate surface area is 523 Å². The van der Waals surface area contributed by atoms with Gasteiger partial charge in [-0.15, -0.1) is 0 Å². The molecule has 1 amide bonds. The molecule has 0 radical (unpaired) electrons. The Morgan fingerprint density at radius 2 is 0.729 bits per heavy atom. The summed E-state index contributed by atoms with van der Waals surface area (Å²) >= 11 is 0. The van der Waals surface area contributed by atoms with E-state index in [9.17, 15) is 30.3 Å². The fourth-order valence-corrected chi connectivity index (χ4v) is 11.1. The van der Waals surface area contributed by atoms with E-state index in [1.54, 1.807) is 6.08 Å². The molecule has 0 aromatic carbocycles. The fraction of sp³-hybridized carbons (Fsp3) is 0.776. The smallest absolute Gasteiger partial charge is 0.220 e. The van der Waals surface area contributed by atoms with Crippen LogP contribution in [0.15, 0.2) is 97.2 Å². The zero-order valence-electron chi connectivity index (χ0n) is 55.1. The lowest BCUT2D eigenvalue weighted by molar-refractivity contribution is -0.302. The van der Waals surface area contributed by atoms with E-state index in [-0.39, 0.29) is 12.5 Å². The van der Waals surface area contributed by atoms with Crippen molar-refractivity contribution in [2.24, 2.45) is 0 Å². The van der Waals surface area contributed by atoms with Crippen LogP contribution in [0.3, 0.4) is 0 Å². The third-order valence-corrected chi connectivity index (χ3v) is 16.7. The molecule has 1 heterocycles. The number of hydrogen-bond acceptors (Lipinski definition) is 8. The topological polar surface area (TPSA) is 149 Å². The van der Waals surface area contributed by atoms with E-state index in [1.165, 1.54) is 212 Å². The van der Waals surface area contributed by atoms with E-state index < -0.39 is 49.5 Å². The Kier molecular flexibility index (Phi) is 60.4. The number of allylic oxidation sites excluding steroid dienone is 15. The average Bonchev–Trinajstić information content (AvgIpc) is 3.68. The molecule has 6 N–H and O–H groups in total. The average molecular weight is 1190 g/mol. The normalized spacial score (nSPS) is 18.7. The third kappa shape index (κ3) is 52.7. The predicted octanol–water partition coefficient (Wildman–Crippen LogP) is 19.9. The first-order valence-corrected chi connectivity index (χ1v) is 36.0. The fourth-order valence-electron chi connectivity index (χ4n) is 11.1. The molecule has 492 valence electrons. The van der Waals surface area contributed by atoms with E-state index in [1.807, 2.05) is 6.08 Å². The van der Waals surface area contributed by atoms with Crippen LogP contribution in [0.5, 0.6) is 0 Å². The second kappa shape index (κ2) is 64.1. The number of amides is 1. The summed E-state index contributed by atoms with van der Waals surface area (Å²) in [5, 5.41) is 54.8. The Bertz CT molecular complexity index is 1670. The molecule has 7 atom stereocenters. The monoisotopic (exact) mass is 1190 g/mol. The standard InChI is InChI=1S/C76H135NO8/c1-3-5-7-9-11-13-15-17-19-21-23-25-27-29-31-33-34-35-36-38-40-42-44-46-48-50-52-54-56-58-60-62-64-66-72(80)77-69(68-84-76-75(83)74(82)73(81)71(67-78)85-76)70(79)65-63-61-59-57-55-53-51-49-47-45-43-41-39-37-32-30-28-26-24-22-20-18-16-14-12-10-8-6-4-2/h5,7,11,13,17,19,23,25,29,31,34-35,38,40,63,65,69-71,73-76,78-79,81-83H,3-4,6,8-10,12,14-16,18,20-22,24,26-28,30,32-33,36-37,39,41-62,64,66-68H2,1-2H3,(H,77,80)/b7-5-,13-11-,19-17-,25-23-,31-29-,35-34-,40-38-,65-63+. The lowest BCUT2D eigenvalue weighted by Crippen LogP contribution is -2.60. The van der Waals surface area contributed by atoms with Crippen molar-refractivity contribution in [3.8, 4) is 0 Å². The summed E-state index contributed by atoms with van der Waals surface area (Å²) in [6.07, 6.45) is 86.5. The van der Waals surface area contributed by atoms with Crippen LogP contribution in [0.4, 0.5) is 0 Å². The van der Waals surface area contributed by atoms with Gasteiger partial charge in [0.1, 0.15) is 24.4 Å². The molecule has 1 aliphatic rings. The van der Waals surface area contributed by atoms with E-state index in [4.69, 9.17) is 9.47 Å². The van der Waals surface area contributed by atoms with Crippen LogP contribution in [-0.2, 0) is 14.3 Å². The molecular weight excluding hydrogens is 1050 g/mol. The van der Waals surface area contributed by atoms with Gasteiger partial charge in [-0.25, -0.2) is 0 Å². The summed E-state index contributed by atoms with van der Waals surface area (Å²) in [5.74, 6) is -0.180. The van der Waals surface area contributed by atoms with E-state index in [0.717, 1.165) is 89.9 Å². The predicted molar refractivity (Wildman–Crippen MR) is 364 cm³/mol. The lowest BCUT2D eigenvalue weighted by Gasteiger charge is -2.40. The van der Waals surface area contributed by atoms with Gasteiger partial charge in [0.15, 0.2) is 6.29 Å². The number of ether oxygens (including phenoxy) is 2. The molecule has 85 heavy (non-hydrogen) atoms. The molecule has 9 nitrogen and oxygen atoms in total. The highest BCUT2D eigenvalue weighted by molar-refractivity contribution is 5.76. The molecule has 1 saturated heterocycles. The molecule has 0 aliphatic carbocycles. The number of aliphatic hydroxyl groups excluding tert-OH is 5. The molecule has 1 rings (SSSR count). The Morgan fingerprint density at radius 3 is 1.08 bits per heavy atom. The Morgan fingerprint density at radius 1 is 0.412 bits per heavy atom. The van der Waals surface area contributed by atoms with Crippen LogP contribution in [0, 0.1) is 0 Å². The van der Waals surface area contributed by atoms with E-state index in [0.29, 0.717) is 6.42 Å². The number of nitrogens with one attached hydrogen (secondary N) is 1. The highest BCUT2D eigenvalue weighted by Gasteiger charge is 2.44. The minimum Gasteiger partial charge on any atom is -0.394 e. The number of rotatable bonds is 62. The van der Waals surface area contributed by atoms with E-state index in [2.05, 4.69) is 104 Å². The van der Waals surface area contributed by atoms with E-state index >= 15 is 0 Å². The van der Waals surface area contributed by atoms with Gasteiger partial charge in [-0.2, -0.15) is 0 Å². The van der Waals surface area contributed by atoms with Gasteiger partial charge in [-0.1, -0.05) is 336 Å². The van der Waals surface area contributed by atoms with Gasteiger partial charge in [0.2, 0.25) is 5.91 Å². The first kappa shape index (κ1) is 80.1. The first-order valence-electron chi connectivity index (χ1n) is 36.0. The van der Waals surface area contributed by atoms with Crippen LogP contribution < -0.4 is 5.32 Å². The van der Waals surface area contributed by atoms with Gasteiger partial charge < -0.3 is 40.3 Å². The molecule has 9 heteroatoms. The maximum Gasteiger partial charge on any atom is 0.220 e. The molecule has 0 aromatic heterocycles. The Balaban J connectivity index is 2.14. The second-order valence-electron chi connectivity index (χ2n) is 24.7. The maximum atomic E-state index is 13.1. The quantitative estimate of drug-likeness (QED) is 0.0261. The van der Waals surface area contributed by atoms with Crippen LogP contribution >= 0.6 is 0 Å². The summed E-state index contributed by atoms with van der Waals surface area (Å²) in [5.41, 5.74) is 0. The van der Waals surface area contributed by atoms with Gasteiger partial charge in [-0.05, 0) is 77.0 Å². The van der Waals surface area contributed by atoms with Crippen molar-refractivity contribution in [3.05, 3.63) is 97.2 Å². The molecule has 0 bridgehead atoms. The highest BCUT2D eigenvalue weighted by atomic mass is 16.7. The molecule has 1 aliphatic heterocycles. The molecule has 7 unspecified atom stereocenters. The van der Waals surface area contributed by atoms with Crippen molar-refractivity contribution < 1.29 is 39.8 Å². The molecule has 1 fully saturated rings. The largest absolute Gasteiger partial charge is 0.394 e. The third-order valence-electron chi connectivity index (χ3n) is 16.7. The second-order valence-corrected chi connectivity index (χ2v) is 24.7.